The van der Waals surface area contributed by atoms with Gasteiger partial charge in [-0.1, -0.05) is 47.6 Å². The summed E-state index contributed by atoms with van der Waals surface area (Å²) in [5, 5.41) is 22.6. The molecule has 1 aliphatic heterocycles. The van der Waals surface area contributed by atoms with Crippen LogP contribution in [0.1, 0.15) is 18.7 Å². The molecule has 0 atom stereocenters. The Morgan fingerprint density at radius 2 is 1.70 bits per heavy atom. The first-order valence-electron chi connectivity index (χ1n) is 9.71. The van der Waals surface area contributed by atoms with Crippen molar-refractivity contribution in [2.45, 2.75) is 23.8 Å². The second kappa shape index (κ2) is 8.45. The molecule has 2 aromatic carbocycles. The predicted octanol–water partition coefficient (Wildman–Crippen LogP) is 3.79. The summed E-state index contributed by atoms with van der Waals surface area (Å²) in [5.41, 5.74) is 1.87. The number of anilines is 1. The third kappa shape index (κ3) is 3.78. The van der Waals surface area contributed by atoms with Crippen LogP contribution < -0.4 is 4.90 Å². The smallest absolute Gasteiger partial charge is 0.232 e. The molecule has 3 heterocycles. The molecule has 2 aromatic heterocycles. The summed E-state index contributed by atoms with van der Waals surface area (Å²) < 4.78 is 3.81. The lowest BCUT2D eigenvalue weighted by atomic mass is 10.3. The summed E-state index contributed by atoms with van der Waals surface area (Å²) in [7, 11) is 0. The molecule has 1 fully saturated rings. The number of halogens is 1. The van der Waals surface area contributed by atoms with Crippen molar-refractivity contribution in [1.82, 2.24) is 35.0 Å². The molecular formula is C20H19ClN8S. The highest BCUT2D eigenvalue weighted by molar-refractivity contribution is 7.98. The van der Waals surface area contributed by atoms with Gasteiger partial charge >= 0.3 is 0 Å². The second-order valence-electron chi connectivity index (χ2n) is 6.92. The van der Waals surface area contributed by atoms with Crippen LogP contribution in [-0.2, 0) is 5.75 Å². The minimum Gasteiger partial charge on any atom is -0.341 e. The fourth-order valence-electron chi connectivity index (χ4n) is 3.51. The van der Waals surface area contributed by atoms with Crippen molar-refractivity contribution in [2.75, 3.05) is 18.0 Å². The molecule has 8 nitrogen and oxygen atoms in total. The average molecular weight is 439 g/mol. The molecule has 0 amide bonds. The lowest BCUT2D eigenvalue weighted by molar-refractivity contribution is 0.777. The van der Waals surface area contributed by atoms with E-state index in [2.05, 4.69) is 35.2 Å². The molecule has 0 saturated carbocycles. The van der Waals surface area contributed by atoms with Crippen LogP contribution in [0.5, 0.6) is 0 Å². The minimum atomic E-state index is 0.556. The van der Waals surface area contributed by atoms with E-state index in [1.165, 1.54) is 0 Å². The van der Waals surface area contributed by atoms with Crippen molar-refractivity contribution < 1.29 is 0 Å². The Balaban J connectivity index is 1.46. The highest BCUT2D eigenvalue weighted by Gasteiger charge is 2.23. The number of benzene rings is 2. The largest absolute Gasteiger partial charge is 0.341 e. The van der Waals surface area contributed by atoms with E-state index in [1.54, 1.807) is 16.4 Å². The molecule has 152 valence electrons. The van der Waals surface area contributed by atoms with E-state index in [9.17, 15) is 0 Å². The zero-order valence-corrected chi connectivity index (χ0v) is 17.7. The van der Waals surface area contributed by atoms with E-state index in [4.69, 9.17) is 11.6 Å². The summed E-state index contributed by atoms with van der Waals surface area (Å²) in [6, 6.07) is 17.6. The molecule has 4 aromatic rings. The van der Waals surface area contributed by atoms with Crippen LogP contribution in [0.2, 0.25) is 5.02 Å². The molecule has 0 spiro atoms. The number of para-hydroxylation sites is 1. The molecule has 0 N–H and O–H groups in total. The number of aromatic nitrogens is 7. The third-order valence-electron chi connectivity index (χ3n) is 4.94. The maximum atomic E-state index is 6.27. The normalized spacial score (nSPS) is 13.8. The molecule has 0 radical (unpaired) electrons. The second-order valence-corrected chi connectivity index (χ2v) is 8.30. The Labute approximate surface area is 182 Å². The molecule has 0 bridgehead atoms. The number of thioether (sulfide) groups is 1. The Morgan fingerprint density at radius 1 is 0.900 bits per heavy atom. The zero-order valence-electron chi connectivity index (χ0n) is 16.1. The van der Waals surface area contributed by atoms with Gasteiger partial charge in [-0.3, -0.25) is 4.57 Å². The number of hydrogen-bond acceptors (Lipinski definition) is 7. The molecule has 0 aliphatic carbocycles. The van der Waals surface area contributed by atoms with Gasteiger partial charge in [0.05, 0.1) is 17.1 Å². The van der Waals surface area contributed by atoms with Crippen molar-refractivity contribution in [3.8, 4) is 11.4 Å². The minimum absolute atomic E-state index is 0.556. The van der Waals surface area contributed by atoms with E-state index < -0.39 is 0 Å². The number of hydrogen-bond donors (Lipinski definition) is 0. The van der Waals surface area contributed by atoms with E-state index in [0.717, 1.165) is 54.2 Å². The quantitative estimate of drug-likeness (QED) is 0.424. The SMILES string of the molecule is Clc1cccc(-n2c(SCc3nnnn3-c3ccccc3)nnc2N2CCCC2)c1. The summed E-state index contributed by atoms with van der Waals surface area (Å²) >= 11 is 7.82. The Morgan fingerprint density at radius 3 is 2.50 bits per heavy atom. The molecular weight excluding hydrogens is 420 g/mol. The van der Waals surface area contributed by atoms with Crippen LogP contribution in [-0.4, -0.2) is 48.1 Å². The van der Waals surface area contributed by atoms with Crippen LogP contribution in [0.4, 0.5) is 5.95 Å². The van der Waals surface area contributed by atoms with Crippen molar-refractivity contribution in [3.63, 3.8) is 0 Å². The first kappa shape index (κ1) is 19.1. The zero-order chi connectivity index (χ0) is 20.3. The van der Waals surface area contributed by atoms with Gasteiger partial charge in [0.25, 0.3) is 0 Å². The van der Waals surface area contributed by atoms with Gasteiger partial charge in [-0.05, 0) is 53.6 Å². The first-order chi connectivity index (χ1) is 14.8. The highest BCUT2D eigenvalue weighted by atomic mass is 35.5. The molecule has 5 rings (SSSR count). The van der Waals surface area contributed by atoms with Gasteiger partial charge < -0.3 is 4.90 Å². The van der Waals surface area contributed by atoms with Crippen LogP contribution in [0.15, 0.2) is 59.8 Å². The van der Waals surface area contributed by atoms with Crippen molar-refractivity contribution in [1.29, 1.82) is 0 Å². The van der Waals surface area contributed by atoms with Gasteiger partial charge in [0.1, 0.15) is 0 Å². The third-order valence-corrected chi connectivity index (χ3v) is 6.10. The van der Waals surface area contributed by atoms with Crippen LogP contribution in [0, 0.1) is 0 Å². The number of nitrogens with zero attached hydrogens (tertiary/aromatic N) is 8. The van der Waals surface area contributed by atoms with Crippen molar-refractivity contribution >= 4 is 29.3 Å². The molecule has 10 heteroatoms. The van der Waals surface area contributed by atoms with Gasteiger partial charge in [0, 0.05) is 18.1 Å². The Hall–Kier alpha value is -2.91. The van der Waals surface area contributed by atoms with E-state index >= 15 is 0 Å². The fourth-order valence-corrected chi connectivity index (χ4v) is 4.55. The first-order valence-corrected chi connectivity index (χ1v) is 11.1. The van der Waals surface area contributed by atoms with Crippen LogP contribution >= 0.6 is 23.4 Å². The van der Waals surface area contributed by atoms with E-state index in [0.29, 0.717) is 10.8 Å². The van der Waals surface area contributed by atoms with Gasteiger partial charge in [-0.25, -0.2) is 0 Å². The molecule has 1 saturated heterocycles. The summed E-state index contributed by atoms with van der Waals surface area (Å²) in [6.45, 7) is 1.96. The highest BCUT2D eigenvalue weighted by Crippen LogP contribution is 2.31. The lowest BCUT2D eigenvalue weighted by Crippen LogP contribution is -2.22. The predicted molar refractivity (Wildman–Crippen MR) is 117 cm³/mol. The van der Waals surface area contributed by atoms with Crippen LogP contribution in [0.25, 0.3) is 11.4 Å². The summed E-state index contributed by atoms with van der Waals surface area (Å²) in [4.78, 5) is 2.27. The maximum Gasteiger partial charge on any atom is 0.232 e. The monoisotopic (exact) mass is 438 g/mol. The standard InChI is InChI=1S/C20H19ClN8S/c21-15-7-6-10-17(13-15)28-19(27-11-4-5-12-27)23-24-20(28)30-14-18-22-25-26-29(18)16-8-2-1-3-9-16/h1-3,6-10,13H,4-5,11-12,14H2. The van der Waals surface area contributed by atoms with Gasteiger partial charge in [0.2, 0.25) is 5.95 Å². The maximum absolute atomic E-state index is 6.27. The molecule has 0 unspecified atom stereocenters. The number of rotatable bonds is 6. The lowest BCUT2D eigenvalue weighted by Gasteiger charge is -2.18. The summed E-state index contributed by atoms with van der Waals surface area (Å²) in [6.07, 6.45) is 2.33. The topological polar surface area (TPSA) is 77.5 Å². The molecule has 1 aliphatic rings. The van der Waals surface area contributed by atoms with E-state index in [-0.39, 0.29) is 0 Å². The van der Waals surface area contributed by atoms with Crippen molar-refractivity contribution in [2.24, 2.45) is 0 Å². The molecule has 30 heavy (non-hydrogen) atoms. The number of tetrazole rings is 1. The van der Waals surface area contributed by atoms with Gasteiger partial charge in [-0.2, -0.15) is 4.68 Å². The Bertz CT molecular complexity index is 1140. The van der Waals surface area contributed by atoms with Gasteiger partial charge in [0.15, 0.2) is 11.0 Å². The van der Waals surface area contributed by atoms with Crippen LogP contribution in [0.3, 0.4) is 0 Å². The average Bonchev–Trinajstić information content (AvgIpc) is 3.53. The van der Waals surface area contributed by atoms with Gasteiger partial charge in [-0.15, -0.1) is 15.3 Å². The van der Waals surface area contributed by atoms with E-state index in [1.807, 2.05) is 54.6 Å². The van der Waals surface area contributed by atoms with Crippen molar-refractivity contribution in [3.05, 3.63) is 65.4 Å². The summed E-state index contributed by atoms with van der Waals surface area (Å²) in [5.74, 6) is 2.15. The fraction of sp³-hybridized carbons (Fsp3) is 0.250. The Kier molecular flexibility index (Phi) is 5.37.